The lowest BCUT2D eigenvalue weighted by Crippen LogP contribution is -2.38. The van der Waals surface area contributed by atoms with E-state index in [2.05, 4.69) is 54.4 Å². The fourth-order valence-corrected chi connectivity index (χ4v) is 2.61. The molecule has 1 saturated carbocycles. The van der Waals surface area contributed by atoms with Crippen LogP contribution in [0, 0.1) is 0 Å². The Morgan fingerprint density at radius 1 is 1.17 bits per heavy atom. The molecule has 1 aromatic carbocycles. The third-order valence-corrected chi connectivity index (χ3v) is 3.87. The van der Waals surface area contributed by atoms with Crippen molar-refractivity contribution in [2.75, 3.05) is 13.6 Å². The van der Waals surface area contributed by atoms with Crippen molar-refractivity contribution in [3.63, 3.8) is 0 Å². The third-order valence-electron chi connectivity index (χ3n) is 3.87. The summed E-state index contributed by atoms with van der Waals surface area (Å²) >= 11 is 0. The Hall–Kier alpha value is -1.12. The van der Waals surface area contributed by atoms with Crippen molar-refractivity contribution in [1.29, 1.82) is 0 Å². The summed E-state index contributed by atoms with van der Waals surface area (Å²) in [6.45, 7) is 1.02. The highest BCUT2D eigenvalue weighted by Gasteiger charge is 2.20. The first kappa shape index (κ1) is 13.3. The van der Waals surface area contributed by atoms with Gasteiger partial charge in [0.25, 0.3) is 0 Å². The highest BCUT2D eigenvalue weighted by molar-refractivity contribution is 5.48. The Kier molecular flexibility index (Phi) is 4.97. The van der Waals surface area contributed by atoms with Gasteiger partial charge in [-0.3, -0.25) is 4.90 Å². The summed E-state index contributed by atoms with van der Waals surface area (Å²) in [6, 6.07) is 11.6. The molecule has 2 N–H and O–H groups in total. The van der Waals surface area contributed by atoms with Crippen LogP contribution in [0.2, 0.25) is 0 Å². The van der Waals surface area contributed by atoms with Crippen LogP contribution in [-0.2, 0) is 0 Å². The van der Waals surface area contributed by atoms with E-state index in [-0.39, 0.29) is 0 Å². The first-order valence-corrected chi connectivity index (χ1v) is 6.93. The fourth-order valence-electron chi connectivity index (χ4n) is 2.61. The molecule has 0 amide bonds. The highest BCUT2D eigenvalue weighted by Crippen LogP contribution is 2.21. The van der Waals surface area contributed by atoms with Gasteiger partial charge in [-0.15, -0.1) is 0 Å². The number of hydrogen-bond donors (Lipinski definition) is 1. The Morgan fingerprint density at radius 3 is 2.50 bits per heavy atom. The molecule has 1 aromatic rings. The van der Waals surface area contributed by atoms with Crippen LogP contribution < -0.4 is 5.73 Å². The molecule has 0 aliphatic heterocycles. The largest absolute Gasteiger partial charge is 0.328 e. The lowest BCUT2D eigenvalue weighted by molar-refractivity contribution is 0.199. The van der Waals surface area contributed by atoms with Gasteiger partial charge in [0, 0.05) is 18.6 Å². The number of likely N-dealkylation sites (N-methyl/N-ethyl adjacent to an activating group) is 1. The normalized spacial score (nSPS) is 24.8. The Morgan fingerprint density at radius 2 is 1.83 bits per heavy atom. The Balaban J connectivity index is 1.78. The molecule has 0 aromatic heterocycles. The summed E-state index contributed by atoms with van der Waals surface area (Å²) in [5.41, 5.74) is 7.22. The third kappa shape index (κ3) is 3.97. The van der Waals surface area contributed by atoms with E-state index >= 15 is 0 Å². The number of nitrogens with two attached hydrogens (primary N) is 1. The first-order chi connectivity index (χ1) is 8.75. The Labute approximate surface area is 110 Å². The van der Waals surface area contributed by atoms with E-state index < -0.39 is 0 Å². The zero-order valence-corrected chi connectivity index (χ0v) is 11.3. The summed E-state index contributed by atoms with van der Waals surface area (Å²) in [5.74, 6) is 0. The maximum absolute atomic E-state index is 5.94. The van der Waals surface area contributed by atoms with E-state index in [1.54, 1.807) is 0 Å². The van der Waals surface area contributed by atoms with Crippen molar-refractivity contribution in [3.05, 3.63) is 42.0 Å². The Bertz CT molecular complexity index is 364. The standard InChI is InChI=1S/C16H24N2/c1-18(16-11-9-15(17)10-12-16)13-5-8-14-6-3-2-4-7-14/h2-8,15-16H,9-13,17H2,1H3. The van der Waals surface area contributed by atoms with Crippen LogP contribution in [0.4, 0.5) is 0 Å². The molecule has 2 rings (SSSR count). The van der Waals surface area contributed by atoms with Gasteiger partial charge in [0.15, 0.2) is 0 Å². The van der Waals surface area contributed by atoms with Crippen LogP contribution in [0.15, 0.2) is 36.4 Å². The van der Waals surface area contributed by atoms with Crippen LogP contribution in [0.25, 0.3) is 6.08 Å². The van der Waals surface area contributed by atoms with Gasteiger partial charge < -0.3 is 5.73 Å². The van der Waals surface area contributed by atoms with E-state index in [0.29, 0.717) is 12.1 Å². The molecule has 0 bridgehead atoms. The van der Waals surface area contributed by atoms with Crippen LogP contribution in [0.1, 0.15) is 31.2 Å². The molecule has 0 heterocycles. The molecule has 0 unspecified atom stereocenters. The minimum Gasteiger partial charge on any atom is -0.328 e. The van der Waals surface area contributed by atoms with Crippen molar-refractivity contribution in [2.24, 2.45) is 5.73 Å². The van der Waals surface area contributed by atoms with Gasteiger partial charge in [-0.25, -0.2) is 0 Å². The summed E-state index contributed by atoms with van der Waals surface area (Å²) < 4.78 is 0. The second kappa shape index (κ2) is 6.72. The zero-order chi connectivity index (χ0) is 12.8. The average Bonchev–Trinajstić information content (AvgIpc) is 2.40. The fraction of sp³-hybridized carbons (Fsp3) is 0.500. The monoisotopic (exact) mass is 244 g/mol. The zero-order valence-electron chi connectivity index (χ0n) is 11.3. The summed E-state index contributed by atoms with van der Waals surface area (Å²) in [6.07, 6.45) is 9.30. The molecule has 1 fully saturated rings. The number of benzene rings is 1. The molecule has 0 spiro atoms. The van der Waals surface area contributed by atoms with Crippen LogP contribution in [-0.4, -0.2) is 30.6 Å². The van der Waals surface area contributed by atoms with Gasteiger partial charge in [0.05, 0.1) is 0 Å². The molecule has 2 heteroatoms. The predicted molar refractivity (Wildman–Crippen MR) is 78.3 cm³/mol. The predicted octanol–water partition coefficient (Wildman–Crippen LogP) is 2.90. The van der Waals surface area contributed by atoms with E-state index in [9.17, 15) is 0 Å². The number of rotatable bonds is 4. The van der Waals surface area contributed by atoms with Gasteiger partial charge >= 0.3 is 0 Å². The van der Waals surface area contributed by atoms with Crippen molar-refractivity contribution in [3.8, 4) is 0 Å². The molecule has 98 valence electrons. The minimum atomic E-state index is 0.439. The maximum Gasteiger partial charge on any atom is 0.0166 e. The number of hydrogen-bond acceptors (Lipinski definition) is 2. The maximum atomic E-state index is 5.94. The van der Waals surface area contributed by atoms with Crippen molar-refractivity contribution >= 4 is 6.08 Å². The van der Waals surface area contributed by atoms with Crippen molar-refractivity contribution in [2.45, 2.75) is 37.8 Å². The topological polar surface area (TPSA) is 29.3 Å². The second-order valence-electron chi connectivity index (χ2n) is 5.32. The van der Waals surface area contributed by atoms with E-state index in [4.69, 9.17) is 5.73 Å². The summed E-state index contributed by atoms with van der Waals surface area (Å²) in [7, 11) is 2.22. The second-order valence-corrected chi connectivity index (χ2v) is 5.32. The van der Waals surface area contributed by atoms with E-state index in [1.807, 2.05) is 0 Å². The SMILES string of the molecule is CN(CC=Cc1ccccc1)C1CCC(N)CC1. The lowest BCUT2D eigenvalue weighted by Gasteiger charge is -2.32. The van der Waals surface area contributed by atoms with Crippen molar-refractivity contribution in [1.82, 2.24) is 4.90 Å². The molecular formula is C16H24N2. The molecule has 2 nitrogen and oxygen atoms in total. The first-order valence-electron chi connectivity index (χ1n) is 6.93. The van der Waals surface area contributed by atoms with Crippen LogP contribution >= 0.6 is 0 Å². The quantitative estimate of drug-likeness (QED) is 0.882. The van der Waals surface area contributed by atoms with E-state index in [0.717, 1.165) is 6.54 Å². The number of nitrogens with zero attached hydrogens (tertiary/aromatic N) is 1. The van der Waals surface area contributed by atoms with Crippen LogP contribution in [0.3, 0.4) is 0 Å². The smallest absolute Gasteiger partial charge is 0.0166 e. The average molecular weight is 244 g/mol. The molecule has 0 saturated heterocycles. The summed E-state index contributed by atoms with van der Waals surface area (Å²) in [4.78, 5) is 2.45. The molecule has 18 heavy (non-hydrogen) atoms. The lowest BCUT2D eigenvalue weighted by atomic mass is 9.91. The molecule has 1 aliphatic rings. The highest BCUT2D eigenvalue weighted by atomic mass is 15.1. The van der Waals surface area contributed by atoms with Gasteiger partial charge in [-0.1, -0.05) is 42.5 Å². The summed E-state index contributed by atoms with van der Waals surface area (Å²) in [5, 5.41) is 0. The van der Waals surface area contributed by atoms with Crippen molar-refractivity contribution < 1.29 is 0 Å². The molecule has 1 aliphatic carbocycles. The molecule has 0 radical (unpaired) electrons. The van der Waals surface area contributed by atoms with Gasteiger partial charge in [-0.05, 0) is 38.3 Å². The van der Waals surface area contributed by atoms with Gasteiger partial charge in [-0.2, -0.15) is 0 Å². The minimum absolute atomic E-state index is 0.439. The molecular weight excluding hydrogens is 220 g/mol. The molecule has 0 atom stereocenters. The van der Waals surface area contributed by atoms with E-state index in [1.165, 1.54) is 31.2 Å². The van der Waals surface area contributed by atoms with Crippen LogP contribution in [0.5, 0.6) is 0 Å². The van der Waals surface area contributed by atoms with Gasteiger partial charge in [0.2, 0.25) is 0 Å². The van der Waals surface area contributed by atoms with Gasteiger partial charge in [0.1, 0.15) is 0 Å².